The van der Waals surface area contributed by atoms with Crippen LogP contribution in [0.2, 0.25) is 5.02 Å². The summed E-state index contributed by atoms with van der Waals surface area (Å²) in [6.07, 6.45) is 8.93. The lowest BCUT2D eigenvalue weighted by Gasteiger charge is -2.36. The summed E-state index contributed by atoms with van der Waals surface area (Å²) in [5.74, 6) is 0. The number of sulfonamides is 1. The molecular formula is C14H22ClN3O2S. The maximum absolute atomic E-state index is 11.1. The van der Waals surface area contributed by atoms with Gasteiger partial charge in [-0.05, 0) is 37.4 Å². The summed E-state index contributed by atoms with van der Waals surface area (Å²) < 4.78 is 24.9. The molecule has 21 heavy (non-hydrogen) atoms. The van der Waals surface area contributed by atoms with E-state index in [4.69, 9.17) is 11.6 Å². The van der Waals surface area contributed by atoms with Gasteiger partial charge in [-0.15, -0.1) is 0 Å². The van der Waals surface area contributed by atoms with Crippen LogP contribution in [0.1, 0.15) is 31.2 Å². The zero-order chi connectivity index (χ0) is 15.3. The molecule has 7 heteroatoms. The number of rotatable bonds is 6. The van der Waals surface area contributed by atoms with Crippen molar-refractivity contribution in [1.29, 1.82) is 0 Å². The first kappa shape index (κ1) is 16.7. The van der Waals surface area contributed by atoms with Crippen LogP contribution < -0.4 is 4.72 Å². The van der Waals surface area contributed by atoms with Crippen LogP contribution in [0.3, 0.4) is 0 Å². The van der Waals surface area contributed by atoms with E-state index < -0.39 is 10.0 Å². The van der Waals surface area contributed by atoms with Crippen LogP contribution in [0.15, 0.2) is 18.5 Å². The van der Waals surface area contributed by atoms with Gasteiger partial charge in [-0.1, -0.05) is 18.0 Å². The van der Waals surface area contributed by atoms with Gasteiger partial charge in [-0.25, -0.2) is 13.1 Å². The van der Waals surface area contributed by atoms with Crippen molar-refractivity contribution in [3.63, 3.8) is 0 Å². The van der Waals surface area contributed by atoms with Gasteiger partial charge in [0, 0.05) is 31.5 Å². The first-order valence-electron chi connectivity index (χ1n) is 7.23. The second-order valence-corrected chi connectivity index (χ2v) is 7.78. The summed E-state index contributed by atoms with van der Waals surface area (Å²) in [4.78, 5) is 6.40. The molecule has 0 saturated carbocycles. The maximum atomic E-state index is 11.1. The van der Waals surface area contributed by atoms with Gasteiger partial charge in [-0.3, -0.25) is 9.88 Å². The molecule has 0 amide bonds. The van der Waals surface area contributed by atoms with Crippen molar-refractivity contribution in [3.8, 4) is 0 Å². The first-order chi connectivity index (χ1) is 9.96. The number of hydrogen-bond acceptors (Lipinski definition) is 4. The fourth-order valence-electron chi connectivity index (χ4n) is 2.76. The molecule has 1 fully saturated rings. The number of aromatic nitrogens is 1. The van der Waals surface area contributed by atoms with Crippen molar-refractivity contribution in [2.45, 2.75) is 38.3 Å². The van der Waals surface area contributed by atoms with E-state index in [0.29, 0.717) is 17.6 Å². The molecule has 1 aromatic heterocycles. The fraction of sp³-hybridized carbons (Fsp3) is 0.643. The highest BCUT2D eigenvalue weighted by atomic mass is 35.5. The first-order valence-corrected chi connectivity index (χ1v) is 9.50. The van der Waals surface area contributed by atoms with Crippen molar-refractivity contribution in [3.05, 3.63) is 29.0 Å². The zero-order valence-corrected chi connectivity index (χ0v) is 13.8. The van der Waals surface area contributed by atoms with E-state index in [1.807, 2.05) is 6.07 Å². The molecule has 0 aliphatic carbocycles. The summed E-state index contributed by atoms with van der Waals surface area (Å²) in [6, 6.07) is 2.35. The van der Waals surface area contributed by atoms with Gasteiger partial charge in [0.15, 0.2) is 0 Å². The van der Waals surface area contributed by atoms with Gasteiger partial charge in [-0.2, -0.15) is 0 Å². The predicted octanol–water partition coefficient (Wildman–Crippen LogP) is 2.03. The Balaban J connectivity index is 1.94. The van der Waals surface area contributed by atoms with E-state index in [1.54, 1.807) is 12.4 Å². The zero-order valence-electron chi connectivity index (χ0n) is 12.3. The Hall–Kier alpha value is -0.690. The van der Waals surface area contributed by atoms with Crippen LogP contribution in [-0.4, -0.2) is 43.7 Å². The number of pyridine rings is 1. The Morgan fingerprint density at radius 2 is 2.29 bits per heavy atom. The quantitative estimate of drug-likeness (QED) is 0.866. The van der Waals surface area contributed by atoms with E-state index in [9.17, 15) is 8.42 Å². The summed E-state index contributed by atoms with van der Waals surface area (Å²) >= 11 is 6.17. The molecule has 2 rings (SSSR count). The van der Waals surface area contributed by atoms with Crippen molar-refractivity contribution in [2.24, 2.45) is 0 Å². The average molecular weight is 332 g/mol. The predicted molar refractivity (Wildman–Crippen MR) is 84.8 cm³/mol. The van der Waals surface area contributed by atoms with Crippen LogP contribution in [0.4, 0.5) is 0 Å². The van der Waals surface area contributed by atoms with Gasteiger partial charge in [0.05, 0.1) is 11.3 Å². The Kier molecular flexibility index (Phi) is 5.98. The monoisotopic (exact) mass is 331 g/mol. The highest BCUT2D eigenvalue weighted by Gasteiger charge is 2.23. The molecule has 118 valence electrons. The molecule has 1 N–H and O–H groups in total. The minimum Gasteiger partial charge on any atom is -0.296 e. The maximum Gasteiger partial charge on any atom is 0.208 e. The molecule has 0 aromatic carbocycles. The topological polar surface area (TPSA) is 62.3 Å². The lowest BCUT2D eigenvalue weighted by molar-refractivity contribution is 0.133. The fourth-order valence-corrected chi connectivity index (χ4v) is 3.42. The summed E-state index contributed by atoms with van der Waals surface area (Å²) in [5.41, 5.74) is 1.08. The second-order valence-electron chi connectivity index (χ2n) is 5.54. The molecule has 0 spiro atoms. The Bertz CT molecular complexity index is 565. The van der Waals surface area contributed by atoms with Crippen LogP contribution in [0.5, 0.6) is 0 Å². The molecule has 0 radical (unpaired) electrons. The highest BCUT2D eigenvalue weighted by molar-refractivity contribution is 7.88. The van der Waals surface area contributed by atoms with Crippen LogP contribution >= 0.6 is 11.6 Å². The number of nitrogens with zero attached hydrogens (tertiary/aromatic N) is 2. The molecule has 5 nitrogen and oxygen atoms in total. The normalized spacial score (nSPS) is 20.6. The molecule has 1 aliphatic rings. The Morgan fingerprint density at radius 1 is 1.48 bits per heavy atom. The summed E-state index contributed by atoms with van der Waals surface area (Å²) in [6.45, 7) is 2.32. The number of halogens is 1. The standard InChI is InChI=1S/C14H22ClN3O2S/c1-21(19,20)17-8-6-13-4-2-3-9-18(13)11-12-5-7-16-10-14(12)15/h5,7,10,13,17H,2-4,6,8-9,11H2,1H3/t13-/m0/s1. The van der Waals surface area contributed by atoms with Gasteiger partial charge in [0.25, 0.3) is 0 Å². The molecular weight excluding hydrogens is 310 g/mol. The minimum atomic E-state index is -3.11. The van der Waals surface area contributed by atoms with Gasteiger partial charge >= 0.3 is 0 Å². The molecule has 0 unspecified atom stereocenters. The average Bonchev–Trinajstić information content (AvgIpc) is 2.42. The Labute approximate surface area is 131 Å². The van der Waals surface area contributed by atoms with E-state index >= 15 is 0 Å². The largest absolute Gasteiger partial charge is 0.296 e. The number of likely N-dealkylation sites (tertiary alicyclic amines) is 1. The van der Waals surface area contributed by atoms with E-state index in [0.717, 1.165) is 31.5 Å². The lowest BCUT2D eigenvalue weighted by atomic mass is 9.98. The number of hydrogen-bond donors (Lipinski definition) is 1. The van der Waals surface area contributed by atoms with E-state index in [1.165, 1.54) is 19.1 Å². The van der Waals surface area contributed by atoms with Crippen molar-refractivity contribution < 1.29 is 8.42 Å². The lowest BCUT2D eigenvalue weighted by Crippen LogP contribution is -2.41. The molecule has 1 saturated heterocycles. The molecule has 1 aromatic rings. The summed E-state index contributed by atoms with van der Waals surface area (Å²) in [5, 5.41) is 0.691. The van der Waals surface area contributed by atoms with Crippen LogP contribution in [0.25, 0.3) is 0 Å². The number of nitrogens with one attached hydrogen (secondary N) is 1. The minimum absolute atomic E-state index is 0.400. The molecule has 0 bridgehead atoms. The third-order valence-corrected chi connectivity index (χ3v) is 4.89. The van der Waals surface area contributed by atoms with Gasteiger partial charge < -0.3 is 0 Å². The third-order valence-electron chi connectivity index (χ3n) is 3.82. The van der Waals surface area contributed by atoms with Crippen molar-refractivity contribution >= 4 is 21.6 Å². The van der Waals surface area contributed by atoms with E-state index in [2.05, 4.69) is 14.6 Å². The molecule has 1 aliphatic heterocycles. The SMILES string of the molecule is CS(=O)(=O)NCC[C@@H]1CCCCN1Cc1ccncc1Cl. The van der Waals surface area contributed by atoms with Crippen LogP contribution in [0, 0.1) is 0 Å². The summed E-state index contributed by atoms with van der Waals surface area (Å²) in [7, 11) is -3.11. The highest BCUT2D eigenvalue weighted by Crippen LogP contribution is 2.24. The smallest absolute Gasteiger partial charge is 0.208 e. The second kappa shape index (κ2) is 7.54. The Morgan fingerprint density at radius 3 is 3.00 bits per heavy atom. The van der Waals surface area contributed by atoms with E-state index in [-0.39, 0.29) is 0 Å². The molecule has 2 heterocycles. The van der Waals surface area contributed by atoms with Crippen molar-refractivity contribution in [1.82, 2.24) is 14.6 Å². The number of piperidine rings is 1. The molecule has 1 atom stereocenters. The van der Waals surface area contributed by atoms with Gasteiger partial charge in [0.2, 0.25) is 10.0 Å². The van der Waals surface area contributed by atoms with Gasteiger partial charge in [0.1, 0.15) is 0 Å². The van der Waals surface area contributed by atoms with Crippen molar-refractivity contribution in [2.75, 3.05) is 19.3 Å². The van der Waals surface area contributed by atoms with Crippen LogP contribution in [-0.2, 0) is 16.6 Å². The third kappa shape index (κ3) is 5.54.